The van der Waals surface area contributed by atoms with E-state index >= 15 is 0 Å². The van der Waals surface area contributed by atoms with Crippen molar-refractivity contribution in [2.45, 2.75) is 110 Å². The Morgan fingerprint density at radius 3 is 2.67 bits per heavy atom. The molecule has 3 aliphatic carbocycles. The molecular formula is C30H48O3. The molecule has 3 rings (SSSR count). The summed E-state index contributed by atoms with van der Waals surface area (Å²) < 4.78 is 0. The van der Waals surface area contributed by atoms with Gasteiger partial charge >= 0.3 is 0 Å². The Labute approximate surface area is 202 Å². The van der Waals surface area contributed by atoms with E-state index in [-0.39, 0.29) is 24.0 Å². The molecule has 0 bridgehead atoms. The molecular weight excluding hydrogens is 408 g/mol. The molecule has 3 N–H and O–H groups in total. The second-order valence-electron chi connectivity index (χ2n) is 11.4. The third-order valence-electron chi connectivity index (χ3n) is 9.37. The number of fused-ring (bicyclic) bond motifs is 1. The quantitative estimate of drug-likeness (QED) is 0.340. The molecule has 0 saturated heterocycles. The first-order valence-corrected chi connectivity index (χ1v) is 13.5. The molecule has 33 heavy (non-hydrogen) atoms. The minimum atomic E-state index is -0.490. The van der Waals surface area contributed by atoms with Gasteiger partial charge in [0.25, 0.3) is 0 Å². The van der Waals surface area contributed by atoms with Crippen LogP contribution in [0.25, 0.3) is 0 Å². The van der Waals surface area contributed by atoms with Crippen molar-refractivity contribution in [1.82, 2.24) is 0 Å². The molecule has 0 aromatic carbocycles. The third-order valence-corrected chi connectivity index (χ3v) is 9.37. The minimum absolute atomic E-state index is 0.0197. The van der Waals surface area contributed by atoms with Crippen molar-refractivity contribution in [2.24, 2.45) is 23.2 Å². The van der Waals surface area contributed by atoms with E-state index in [1.807, 2.05) is 0 Å². The fraction of sp³-hybridized carbons (Fsp3) is 0.733. The summed E-state index contributed by atoms with van der Waals surface area (Å²) in [6, 6.07) is 0. The van der Waals surface area contributed by atoms with Gasteiger partial charge in [0.15, 0.2) is 0 Å². The maximum absolute atomic E-state index is 10.7. The van der Waals surface area contributed by atoms with Gasteiger partial charge in [-0.25, -0.2) is 0 Å². The summed E-state index contributed by atoms with van der Waals surface area (Å²) in [6.45, 7) is 13.3. The van der Waals surface area contributed by atoms with Gasteiger partial charge in [0.2, 0.25) is 0 Å². The zero-order valence-electron chi connectivity index (χ0n) is 21.6. The van der Waals surface area contributed by atoms with Crippen LogP contribution in [0.4, 0.5) is 0 Å². The van der Waals surface area contributed by atoms with E-state index in [0.717, 1.165) is 56.1 Å². The highest BCUT2D eigenvalue weighted by atomic mass is 16.3. The fourth-order valence-corrected chi connectivity index (χ4v) is 6.88. The highest BCUT2D eigenvalue weighted by molar-refractivity contribution is 5.39. The van der Waals surface area contributed by atoms with E-state index < -0.39 is 5.60 Å². The van der Waals surface area contributed by atoms with Crippen molar-refractivity contribution in [3.63, 3.8) is 0 Å². The summed E-state index contributed by atoms with van der Waals surface area (Å²) in [6.07, 6.45) is 17.5. The number of aliphatic hydroxyl groups is 3. The number of rotatable bonds is 9. The Morgan fingerprint density at radius 1 is 1.27 bits per heavy atom. The normalized spacial score (nSPS) is 34.0. The Hall–Kier alpha value is -1.16. The molecule has 2 fully saturated rings. The van der Waals surface area contributed by atoms with Crippen LogP contribution in [-0.4, -0.2) is 33.6 Å². The maximum Gasteiger partial charge on any atom is 0.0642 e. The van der Waals surface area contributed by atoms with Gasteiger partial charge in [0.1, 0.15) is 0 Å². The largest absolute Gasteiger partial charge is 0.396 e. The van der Waals surface area contributed by atoms with Crippen LogP contribution < -0.4 is 0 Å². The molecule has 3 nitrogen and oxygen atoms in total. The summed E-state index contributed by atoms with van der Waals surface area (Å²) in [5, 5.41) is 30.5. The topological polar surface area (TPSA) is 60.7 Å². The van der Waals surface area contributed by atoms with Gasteiger partial charge in [-0.05, 0) is 92.6 Å². The summed E-state index contributed by atoms with van der Waals surface area (Å²) in [5.74, 6) is 1.11. The SMILES string of the molecule is C=C1/C(=C/C=C2\CCC[C@]3(C)C([C@H](C)CCCC(O)(CC)CC)=CC[C@@H]23)C[C@@H](O)C[C@@H]1CO. The van der Waals surface area contributed by atoms with Crippen LogP contribution in [0.3, 0.4) is 0 Å². The summed E-state index contributed by atoms with van der Waals surface area (Å²) in [4.78, 5) is 0. The standard InChI is InChI=1S/C30H48O3/c1-6-30(33,7-2)17-8-10-21(3)27-14-15-28-23(11-9-16-29(27,28)5)12-13-24-18-26(32)19-25(20-31)22(24)4/h12-14,21,25-26,28,31-33H,4,6-11,15-20H2,1-3,5H3/b23-12+,24-13+/t21-,25-,26-,28+,29-/m1/s1. The Morgan fingerprint density at radius 2 is 2.00 bits per heavy atom. The van der Waals surface area contributed by atoms with Crippen molar-refractivity contribution in [1.29, 1.82) is 0 Å². The zero-order valence-corrected chi connectivity index (χ0v) is 21.6. The molecule has 0 aromatic rings. The van der Waals surface area contributed by atoms with Crippen molar-refractivity contribution < 1.29 is 15.3 Å². The number of hydrogen-bond acceptors (Lipinski definition) is 3. The Balaban J connectivity index is 1.69. The molecule has 0 heterocycles. The third kappa shape index (κ3) is 5.74. The monoisotopic (exact) mass is 456 g/mol. The highest BCUT2D eigenvalue weighted by Crippen LogP contribution is 2.57. The highest BCUT2D eigenvalue weighted by Gasteiger charge is 2.45. The van der Waals surface area contributed by atoms with E-state index in [2.05, 4.69) is 52.5 Å². The average Bonchev–Trinajstić information content (AvgIpc) is 3.16. The molecule has 3 heteroatoms. The van der Waals surface area contributed by atoms with Crippen LogP contribution in [0.1, 0.15) is 98.3 Å². The minimum Gasteiger partial charge on any atom is -0.396 e. The van der Waals surface area contributed by atoms with E-state index in [4.69, 9.17) is 0 Å². The maximum atomic E-state index is 10.7. The molecule has 0 unspecified atom stereocenters. The second-order valence-corrected chi connectivity index (χ2v) is 11.4. The lowest BCUT2D eigenvalue weighted by Crippen LogP contribution is -2.32. The first-order valence-electron chi connectivity index (χ1n) is 13.5. The first-order chi connectivity index (χ1) is 15.7. The summed E-state index contributed by atoms with van der Waals surface area (Å²) in [7, 11) is 0. The summed E-state index contributed by atoms with van der Waals surface area (Å²) in [5.41, 5.74) is 5.03. The lowest BCUT2D eigenvalue weighted by atomic mass is 9.62. The smallest absolute Gasteiger partial charge is 0.0642 e. The molecule has 5 atom stereocenters. The van der Waals surface area contributed by atoms with Gasteiger partial charge in [-0.3, -0.25) is 0 Å². The van der Waals surface area contributed by atoms with Gasteiger partial charge in [-0.2, -0.15) is 0 Å². The molecule has 0 amide bonds. The number of aliphatic hydroxyl groups excluding tert-OH is 2. The molecule has 0 aromatic heterocycles. The van der Waals surface area contributed by atoms with Crippen molar-refractivity contribution in [3.8, 4) is 0 Å². The van der Waals surface area contributed by atoms with E-state index in [1.54, 1.807) is 5.57 Å². The zero-order chi connectivity index (χ0) is 24.2. The van der Waals surface area contributed by atoms with Crippen molar-refractivity contribution >= 4 is 0 Å². The van der Waals surface area contributed by atoms with Crippen LogP contribution in [0.5, 0.6) is 0 Å². The molecule has 0 aliphatic heterocycles. The summed E-state index contributed by atoms with van der Waals surface area (Å²) >= 11 is 0. The van der Waals surface area contributed by atoms with Crippen LogP contribution in [0.15, 0.2) is 47.1 Å². The first kappa shape index (κ1) is 26.4. The number of hydrogen-bond donors (Lipinski definition) is 3. The molecule has 186 valence electrons. The second kappa shape index (κ2) is 11.1. The number of allylic oxidation sites excluding steroid dienone is 5. The molecule has 0 radical (unpaired) electrons. The van der Waals surface area contributed by atoms with Crippen LogP contribution in [-0.2, 0) is 0 Å². The molecule has 3 aliphatic rings. The molecule has 2 saturated carbocycles. The van der Waals surface area contributed by atoms with Crippen molar-refractivity contribution in [2.75, 3.05) is 6.61 Å². The average molecular weight is 457 g/mol. The van der Waals surface area contributed by atoms with Crippen LogP contribution in [0, 0.1) is 23.2 Å². The Bertz CT molecular complexity index is 784. The van der Waals surface area contributed by atoms with E-state index in [0.29, 0.717) is 24.7 Å². The predicted octanol–water partition coefficient (Wildman–Crippen LogP) is 6.65. The van der Waals surface area contributed by atoms with Gasteiger partial charge in [0, 0.05) is 5.92 Å². The van der Waals surface area contributed by atoms with Gasteiger partial charge in [-0.15, -0.1) is 0 Å². The van der Waals surface area contributed by atoms with Crippen molar-refractivity contribution in [3.05, 3.63) is 47.1 Å². The van der Waals surface area contributed by atoms with E-state index in [1.165, 1.54) is 18.4 Å². The lowest BCUT2D eigenvalue weighted by Gasteiger charge is -2.42. The Kier molecular flexibility index (Phi) is 8.86. The van der Waals surface area contributed by atoms with Gasteiger partial charge in [0.05, 0.1) is 18.3 Å². The predicted molar refractivity (Wildman–Crippen MR) is 138 cm³/mol. The van der Waals surface area contributed by atoms with Gasteiger partial charge in [-0.1, -0.05) is 70.1 Å². The van der Waals surface area contributed by atoms with E-state index in [9.17, 15) is 15.3 Å². The lowest BCUT2D eigenvalue weighted by molar-refractivity contribution is 0.0204. The molecule has 0 spiro atoms. The van der Waals surface area contributed by atoms with Gasteiger partial charge < -0.3 is 15.3 Å². The van der Waals surface area contributed by atoms with Crippen LogP contribution >= 0.6 is 0 Å². The fourth-order valence-electron chi connectivity index (χ4n) is 6.88. The van der Waals surface area contributed by atoms with Crippen LogP contribution in [0.2, 0.25) is 0 Å².